The number of nitrogens with one attached hydrogen (secondary N) is 1. The molecule has 0 unspecified atom stereocenters. The van der Waals surface area contributed by atoms with Gasteiger partial charge in [0.1, 0.15) is 17.1 Å². The van der Waals surface area contributed by atoms with E-state index in [9.17, 15) is 26.3 Å². The molecule has 1 saturated heterocycles. The lowest BCUT2D eigenvalue weighted by atomic mass is 10.1. The van der Waals surface area contributed by atoms with Crippen molar-refractivity contribution in [2.45, 2.75) is 12.4 Å². The summed E-state index contributed by atoms with van der Waals surface area (Å²) in [7, 11) is 0. The predicted octanol–water partition coefficient (Wildman–Crippen LogP) is 5.58. The summed E-state index contributed by atoms with van der Waals surface area (Å²) in [4.78, 5) is 14.7. The summed E-state index contributed by atoms with van der Waals surface area (Å²) in [5, 5.41) is 0. The van der Waals surface area contributed by atoms with Gasteiger partial charge < -0.3 is 19.2 Å². The number of alkyl halides is 6. The van der Waals surface area contributed by atoms with E-state index in [4.69, 9.17) is 4.42 Å². The smallest absolute Gasteiger partial charge is 0.419 e. The second-order valence-corrected chi connectivity index (χ2v) is 7.80. The third kappa shape index (κ3) is 4.03. The number of benzene rings is 1. The predicted molar refractivity (Wildman–Crippen MR) is 112 cm³/mol. The molecular weight excluding hydrogens is 464 g/mol. The molecule has 6 nitrogen and oxygen atoms in total. The van der Waals surface area contributed by atoms with Crippen LogP contribution in [0.1, 0.15) is 11.1 Å². The minimum atomic E-state index is -4.56. The van der Waals surface area contributed by atoms with Gasteiger partial charge in [-0.25, -0.2) is 9.97 Å². The topological polar surface area (TPSA) is 61.2 Å². The number of pyridine rings is 1. The fourth-order valence-electron chi connectivity index (χ4n) is 4.04. The SMILES string of the molecule is FC(F)(F)c1cc(-c2ccco2)c2nc(N3CCN(c4ncccc4C(F)(F)F)CC3)[nH]c2c1. The van der Waals surface area contributed by atoms with Crippen LogP contribution >= 0.6 is 0 Å². The first-order valence-electron chi connectivity index (χ1n) is 10.3. The van der Waals surface area contributed by atoms with Gasteiger partial charge in [-0.3, -0.25) is 0 Å². The molecule has 0 radical (unpaired) electrons. The van der Waals surface area contributed by atoms with Gasteiger partial charge in [-0.2, -0.15) is 26.3 Å². The Bertz CT molecular complexity index is 1300. The third-order valence-electron chi connectivity index (χ3n) is 5.66. The molecule has 178 valence electrons. The van der Waals surface area contributed by atoms with E-state index in [0.717, 1.165) is 18.2 Å². The maximum atomic E-state index is 13.5. The maximum absolute atomic E-state index is 13.5. The van der Waals surface area contributed by atoms with Crippen molar-refractivity contribution in [2.24, 2.45) is 0 Å². The minimum absolute atomic E-state index is 0.144. The summed E-state index contributed by atoms with van der Waals surface area (Å²) in [6.45, 7) is 1.07. The fourth-order valence-corrected chi connectivity index (χ4v) is 4.04. The van der Waals surface area contributed by atoms with Gasteiger partial charge in [-0.1, -0.05) is 0 Å². The molecule has 12 heteroatoms. The first-order valence-corrected chi connectivity index (χ1v) is 10.3. The zero-order valence-corrected chi connectivity index (χ0v) is 17.4. The third-order valence-corrected chi connectivity index (χ3v) is 5.66. The number of nitrogens with zero attached hydrogens (tertiary/aromatic N) is 4. The van der Waals surface area contributed by atoms with Gasteiger partial charge in [0.15, 0.2) is 0 Å². The number of piperazine rings is 1. The number of hydrogen-bond donors (Lipinski definition) is 1. The van der Waals surface area contributed by atoms with Crippen molar-refractivity contribution >= 4 is 22.8 Å². The minimum Gasteiger partial charge on any atom is -0.464 e. The second kappa shape index (κ2) is 7.96. The molecule has 1 aromatic carbocycles. The Hall–Kier alpha value is -3.70. The number of imidazole rings is 1. The normalized spacial score (nSPS) is 15.4. The van der Waals surface area contributed by atoms with Gasteiger partial charge in [-0.05, 0) is 36.4 Å². The van der Waals surface area contributed by atoms with E-state index in [1.54, 1.807) is 17.0 Å². The van der Waals surface area contributed by atoms with Gasteiger partial charge in [0, 0.05) is 37.9 Å². The van der Waals surface area contributed by atoms with Crippen LogP contribution in [0.3, 0.4) is 0 Å². The average molecular weight is 481 g/mol. The molecule has 1 aliphatic rings. The molecule has 0 spiro atoms. The van der Waals surface area contributed by atoms with Gasteiger partial charge in [0.2, 0.25) is 5.95 Å². The van der Waals surface area contributed by atoms with Crippen LogP contribution in [0, 0.1) is 0 Å². The molecule has 3 aromatic heterocycles. The molecule has 5 rings (SSSR count). The summed E-state index contributed by atoms with van der Waals surface area (Å²) < 4.78 is 85.7. The lowest BCUT2D eigenvalue weighted by Crippen LogP contribution is -2.47. The van der Waals surface area contributed by atoms with Crippen LogP contribution in [0.5, 0.6) is 0 Å². The number of H-pyrrole nitrogens is 1. The van der Waals surface area contributed by atoms with E-state index in [1.165, 1.54) is 23.4 Å². The Balaban J connectivity index is 1.44. The van der Waals surface area contributed by atoms with Crippen molar-refractivity contribution in [2.75, 3.05) is 36.0 Å². The Morgan fingerprint density at radius 2 is 1.62 bits per heavy atom. The Morgan fingerprint density at radius 1 is 0.882 bits per heavy atom. The zero-order chi connectivity index (χ0) is 24.1. The number of fused-ring (bicyclic) bond motifs is 1. The Labute approximate surface area is 188 Å². The molecule has 0 bridgehead atoms. The maximum Gasteiger partial charge on any atom is 0.419 e. The van der Waals surface area contributed by atoms with Crippen molar-refractivity contribution < 1.29 is 30.8 Å². The molecule has 0 saturated carbocycles. The summed E-state index contributed by atoms with van der Waals surface area (Å²) in [5.74, 6) is 0.432. The molecule has 0 atom stereocenters. The van der Waals surface area contributed by atoms with Crippen molar-refractivity contribution in [3.63, 3.8) is 0 Å². The molecule has 1 aliphatic heterocycles. The number of rotatable bonds is 3. The number of aromatic nitrogens is 3. The lowest BCUT2D eigenvalue weighted by Gasteiger charge is -2.36. The fraction of sp³-hybridized carbons (Fsp3) is 0.273. The number of anilines is 2. The molecule has 4 heterocycles. The van der Waals surface area contributed by atoms with Crippen molar-refractivity contribution in [3.8, 4) is 11.3 Å². The summed E-state index contributed by atoms with van der Waals surface area (Å²) in [6, 6.07) is 7.32. The molecule has 0 amide bonds. The molecule has 1 fully saturated rings. The van der Waals surface area contributed by atoms with Gasteiger partial charge in [0.05, 0.1) is 22.9 Å². The highest BCUT2D eigenvalue weighted by Gasteiger charge is 2.37. The van der Waals surface area contributed by atoms with Crippen molar-refractivity contribution in [1.29, 1.82) is 0 Å². The van der Waals surface area contributed by atoms with Gasteiger partial charge >= 0.3 is 12.4 Å². The highest BCUT2D eigenvalue weighted by Crippen LogP contribution is 2.38. The van der Waals surface area contributed by atoms with Crippen LogP contribution in [0.15, 0.2) is 53.3 Å². The number of furan rings is 1. The number of hydrogen-bond acceptors (Lipinski definition) is 5. The highest BCUT2D eigenvalue weighted by atomic mass is 19.4. The van der Waals surface area contributed by atoms with E-state index < -0.39 is 23.5 Å². The lowest BCUT2D eigenvalue weighted by molar-refractivity contribution is -0.138. The van der Waals surface area contributed by atoms with E-state index in [1.807, 2.05) is 0 Å². The van der Waals surface area contributed by atoms with Crippen molar-refractivity contribution in [3.05, 3.63) is 60.0 Å². The number of halogens is 6. The first-order chi connectivity index (χ1) is 16.1. The number of aromatic amines is 1. The second-order valence-electron chi connectivity index (χ2n) is 7.80. The molecule has 1 N–H and O–H groups in total. The Morgan fingerprint density at radius 3 is 2.26 bits per heavy atom. The van der Waals surface area contributed by atoms with Gasteiger partial charge in [0.25, 0.3) is 0 Å². The van der Waals surface area contributed by atoms with E-state index in [2.05, 4.69) is 15.0 Å². The van der Waals surface area contributed by atoms with Crippen LogP contribution in [0.2, 0.25) is 0 Å². The summed E-state index contributed by atoms with van der Waals surface area (Å²) in [5.41, 5.74) is -0.970. The highest BCUT2D eigenvalue weighted by molar-refractivity contribution is 5.92. The van der Waals surface area contributed by atoms with Crippen LogP contribution in [0.25, 0.3) is 22.4 Å². The van der Waals surface area contributed by atoms with Crippen molar-refractivity contribution in [1.82, 2.24) is 15.0 Å². The van der Waals surface area contributed by atoms with Crippen LogP contribution < -0.4 is 9.80 Å². The molecule has 4 aromatic rings. The standard InChI is InChI=1S/C22H17F6N5O/c23-21(24,25)13-11-14(17-4-2-10-34-17)18-16(12-13)30-20(31-18)33-8-6-32(7-9-33)19-15(22(26,27)28)3-1-5-29-19/h1-5,10-12H,6-9H2,(H,30,31). The molecular formula is C22H17F6N5O. The van der Waals surface area contributed by atoms with E-state index in [-0.39, 0.29) is 35.7 Å². The largest absolute Gasteiger partial charge is 0.464 e. The Kier molecular flexibility index (Phi) is 5.18. The summed E-state index contributed by atoms with van der Waals surface area (Å²) >= 11 is 0. The van der Waals surface area contributed by atoms with Crippen LogP contribution in [-0.4, -0.2) is 41.1 Å². The molecule has 0 aliphatic carbocycles. The van der Waals surface area contributed by atoms with Gasteiger partial charge in [-0.15, -0.1) is 0 Å². The first kappa shape index (κ1) is 22.1. The van der Waals surface area contributed by atoms with Crippen LogP contribution in [-0.2, 0) is 12.4 Å². The molecule has 34 heavy (non-hydrogen) atoms. The monoisotopic (exact) mass is 481 g/mol. The van der Waals surface area contributed by atoms with E-state index in [0.29, 0.717) is 24.6 Å². The average Bonchev–Trinajstić information content (AvgIpc) is 3.47. The zero-order valence-electron chi connectivity index (χ0n) is 17.4. The summed E-state index contributed by atoms with van der Waals surface area (Å²) in [6.07, 6.45) is -6.42. The quantitative estimate of drug-likeness (QED) is 0.387. The van der Waals surface area contributed by atoms with E-state index >= 15 is 0 Å². The van der Waals surface area contributed by atoms with Crippen LogP contribution in [0.4, 0.5) is 38.1 Å².